The summed E-state index contributed by atoms with van der Waals surface area (Å²) in [7, 11) is 0. The van der Waals surface area contributed by atoms with E-state index >= 15 is 0 Å². The first kappa shape index (κ1) is 78.1. The first-order valence-corrected chi connectivity index (χ1v) is 38.8. The number of benzene rings is 3. The summed E-state index contributed by atoms with van der Waals surface area (Å²) in [6.07, 6.45) is 50.9. The molecule has 0 spiro atoms. The van der Waals surface area contributed by atoms with Crippen LogP contribution in [0.2, 0.25) is 0 Å². The van der Waals surface area contributed by atoms with Crippen LogP contribution in [0.3, 0.4) is 0 Å². The number of para-hydroxylation sites is 3. The van der Waals surface area contributed by atoms with Crippen molar-refractivity contribution in [3.05, 3.63) is 89.5 Å². The third-order valence-corrected chi connectivity index (χ3v) is 19.6. The molecule has 0 saturated carbocycles. The predicted molar refractivity (Wildman–Crippen MR) is 386 cm³/mol. The predicted octanol–water partition coefficient (Wildman–Crippen LogP) is 20.3. The Balaban J connectivity index is 1.37. The van der Waals surface area contributed by atoms with Crippen LogP contribution in [0.5, 0.6) is 17.2 Å². The molecule has 92 heavy (non-hydrogen) atoms. The van der Waals surface area contributed by atoms with Gasteiger partial charge in [-0.1, -0.05) is 307 Å². The van der Waals surface area contributed by atoms with Crippen molar-refractivity contribution in [2.75, 3.05) is 78.7 Å². The van der Waals surface area contributed by atoms with Gasteiger partial charge in [0.1, 0.15) is 37.1 Å². The topological polar surface area (TPSA) is 95.1 Å². The standard InChI is InChI=1S/C81H135N5O6/c1-4-7-10-13-16-19-22-25-28-31-34-37-40-55-79(87)84-61-58-82-59-62-85(80(88)56-41-38-35-32-29-26-23-20-17-14-11-8-5-2)71-74-50-44-47-53-77(74)91-68-65-83(64-67-90-76-52-46-43-49-73(76)70-84)66-69-92-78-54-48-45-51-75(78)72-86(63-60-82)81(89)57-42-39-36-33-30-27-24-21-18-15-12-9-6-3/h43-54H,4-42,55-72H2,1-3H3. The van der Waals surface area contributed by atoms with E-state index in [0.29, 0.717) is 118 Å². The van der Waals surface area contributed by atoms with Crippen molar-refractivity contribution in [1.29, 1.82) is 0 Å². The minimum absolute atomic E-state index is 0.177. The quantitative estimate of drug-likeness (QED) is 0.0518. The highest BCUT2D eigenvalue weighted by Crippen LogP contribution is 2.26. The fourth-order valence-corrected chi connectivity index (χ4v) is 13.5. The molecule has 3 aliphatic heterocycles. The Bertz CT molecular complexity index is 2060. The number of hydrogen-bond donors (Lipinski definition) is 0. The first-order chi connectivity index (χ1) is 45.4. The number of hydrogen-bond acceptors (Lipinski definition) is 8. The van der Waals surface area contributed by atoms with Gasteiger partial charge in [0.05, 0.1) is 0 Å². The molecule has 6 rings (SSSR count). The highest BCUT2D eigenvalue weighted by molar-refractivity contribution is 5.77. The Kier molecular flexibility index (Phi) is 44.7. The van der Waals surface area contributed by atoms with Gasteiger partial charge in [-0.15, -0.1) is 0 Å². The Morgan fingerprint density at radius 3 is 0.717 bits per heavy atom. The summed E-state index contributed by atoms with van der Waals surface area (Å²) in [6.45, 7) is 14.9. The number of nitrogens with zero attached hydrogens (tertiary/aromatic N) is 5. The van der Waals surface area contributed by atoms with E-state index in [1.165, 1.54) is 212 Å². The fourth-order valence-electron chi connectivity index (χ4n) is 13.5. The van der Waals surface area contributed by atoms with Crippen LogP contribution in [0.4, 0.5) is 0 Å². The van der Waals surface area contributed by atoms with Gasteiger partial charge in [0, 0.05) is 114 Å². The van der Waals surface area contributed by atoms with E-state index in [1.807, 2.05) is 36.4 Å². The molecule has 3 aliphatic rings. The van der Waals surface area contributed by atoms with Crippen LogP contribution < -0.4 is 14.2 Å². The molecule has 0 radical (unpaired) electrons. The fraction of sp³-hybridized carbons (Fsp3) is 0.741. The lowest BCUT2D eigenvalue weighted by Crippen LogP contribution is -2.45. The van der Waals surface area contributed by atoms with Crippen LogP contribution in [0, 0.1) is 0 Å². The molecule has 0 unspecified atom stereocenters. The Morgan fingerprint density at radius 2 is 0.478 bits per heavy atom. The number of fused-ring (bicyclic) bond motifs is 15. The Labute approximate surface area is 563 Å². The molecular weight excluding hydrogens is 1140 g/mol. The van der Waals surface area contributed by atoms with E-state index < -0.39 is 0 Å². The molecular formula is C81H135N5O6. The molecule has 11 nitrogen and oxygen atoms in total. The van der Waals surface area contributed by atoms with Gasteiger partial charge in [0.2, 0.25) is 17.7 Å². The van der Waals surface area contributed by atoms with Crippen molar-refractivity contribution in [2.24, 2.45) is 0 Å². The lowest BCUT2D eigenvalue weighted by Gasteiger charge is -2.33. The molecule has 520 valence electrons. The molecule has 0 aromatic heterocycles. The van der Waals surface area contributed by atoms with Crippen molar-refractivity contribution < 1.29 is 28.6 Å². The van der Waals surface area contributed by atoms with Crippen LogP contribution >= 0.6 is 0 Å². The third kappa shape index (κ3) is 35.8. The van der Waals surface area contributed by atoms with Crippen molar-refractivity contribution in [1.82, 2.24) is 24.5 Å². The van der Waals surface area contributed by atoms with Gasteiger partial charge < -0.3 is 28.9 Å². The van der Waals surface area contributed by atoms with E-state index in [2.05, 4.69) is 81.7 Å². The largest absolute Gasteiger partial charge is 0.492 e. The lowest BCUT2D eigenvalue weighted by molar-refractivity contribution is -0.132. The maximum absolute atomic E-state index is 14.8. The zero-order valence-electron chi connectivity index (χ0n) is 59.4. The maximum atomic E-state index is 14.8. The smallest absolute Gasteiger partial charge is 0.222 e. The molecule has 3 heterocycles. The minimum Gasteiger partial charge on any atom is -0.492 e. The minimum atomic E-state index is 0.177. The van der Waals surface area contributed by atoms with Crippen LogP contribution in [0.1, 0.15) is 307 Å². The van der Waals surface area contributed by atoms with Gasteiger partial charge in [-0.3, -0.25) is 24.2 Å². The molecule has 3 aromatic carbocycles. The molecule has 2 bridgehead atoms. The van der Waals surface area contributed by atoms with Crippen molar-refractivity contribution >= 4 is 17.7 Å². The average molecular weight is 1280 g/mol. The van der Waals surface area contributed by atoms with E-state index in [9.17, 15) is 14.4 Å². The van der Waals surface area contributed by atoms with Gasteiger partial charge in [-0.05, 0) is 37.5 Å². The molecule has 0 aliphatic carbocycles. The van der Waals surface area contributed by atoms with E-state index in [1.54, 1.807) is 0 Å². The molecule has 0 atom stereocenters. The molecule has 0 N–H and O–H groups in total. The number of unbranched alkanes of at least 4 members (excludes halogenated alkanes) is 36. The lowest BCUT2D eigenvalue weighted by atomic mass is 10.0. The molecule has 3 aromatic rings. The zero-order valence-corrected chi connectivity index (χ0v) is 59.4. The molecule has 0 fully saturated rings. The highest BCUT2D eigenvalue weighted by Gasteiger charge is 2.24. The van der Waals surface area contributed by atoms with Crippen molar-refractivity contribution in [2.45, 2.75) is 310 Å². The van der Waals surface area contributed by atoms with E-state index in [0.717, 1.165) is 72.5 Å². The number of rotatable bonds is 42. The summed E-state index contributed by atoms with van der Waals surface area (Å²) < 4.78 is 20.1. The summed E-state index contributed by atoms with van der Waals surface area (Å²) in [4.78, 5) is 55.4. The van der Waals surface area contributed by atoms with Gasteiger partial charge >= 0.3 is 0 Å². The highest BCUT2D eigenvalue weighted by atomic mass is 16.5. The summed E-state index contributed by atoms with van der Waals surface area (Å²) in [5.74, 6) is 2.94. The molecule has 11 heteroatoms. The van der Waals surface area contributed by atoms with Gasteiger partial charge in [0.15, 0.2) is 0 Å². The average Bonchev–Trinajstić information content (AvgIpc) is 1.95. The number of carbonyl (C=O) groups is 3. The summed E-state index contributed by atoms with van der Waals surface area (Å²) in [6, 6.07) is 24.8. The number of ether oxygens (including phenoxy) is 3. The number of carbonyl (C=O) groups excluding carboxylic acids is 3. The van der Waals surface area contributed by atoms with Crippen LogP contribution in [-0.2, 0) is 34.0 Å². The van der Waals surface area contributed by atoms with Gasteiger partial charge in [-0.25, -0.2) is 0 Å². The second kappa shape index (κ2) is 52.6. The third-order valence-electron chi connectivity index (χ3n) is 19.6. The van der Waals surface area contributed by atoms with Crippen molar-refractivity contribution in [3.63, 3.8) is 0 Å². The second-order valence-electron chi connectivity index (χ2n) is 27.5. The summed E-state index contributed by atoms with van der Waals surface area (Å²) in [5.41, 5.74) is 3.01. The van der Waals surface area contributed by atoms with Gasteiger partial charge in [-0.2, -0.15) is 0 Å². The maximum Gasteiger partial charge on any atom is 0.222 e. The van der Waals surface area contributed by atoms with E-state index in [4.69, 9.17) is 14.2 Å². The first-order valence-electron chi connectivity index (χ1n) is 38.8. The summed E-state index contributed by atoms with van der Waals surface area (Å²) in [5, 5.41) is 0. The van der Waals surface area contributed by atoms with E-state index in [-0.39, 0.29) is 17.7 Å². The summed E-state index contributed by atoms with van der Waals surface area (Å²) >= 11 is 0. The van der Waals surface area contributed by atoms with Crippen molar-refractivity contribution in [3.8, 4) is 17.2 Å². The normalized spacial score (nSPS) is 16.4. The van der Waals surface area contributed by atoms with Crippen LogP contribution in [0.15, 0.2) is 72.8 Å². The van der Waals surface area contributed by atoms with Crippen LogP contribution in [-0.4, -0.2) is 121 Å². The SMILES string of the molecule is CCCCCCCCCCCCCCCC(=O)N1CCN2CCN(C(=O)CCCCCCCCCCCCCCC)Cc3ccccc3OCCN(CCOc3ccccc3C1)CCOc1ccccc1CN(C(=O)CCCCCCCCCCCCCCC)CC2. The second-order valence-corrected chi connectivity index (χ2v) is 27.5. The number of amides is 3. The molecule has 3 amide bonds. The Morgan fingerprint density at radius 1 is 0.272 bits per heavy atom. The molecule has 0 saturated heterocycles. The zero-order chi connectivity index (χ0) is 65.0. The Hall–Kier alpha value is -4.61. The van der Waals surface area contributed by atoms with Crippen LogP contribution in [0.25, 0.3) is 0 Å². The monoisotopic (exact) mass is 1270 g/mol. The van der Waals surface area contributed by atoms with Gasteiger partial charge in [0.25, 0.3) is 0 Å².